The van der Waals surface area contributed by atoms with Gasteiger partial charge in [0.15, 0.2) is 0 Å². The molecule has 1 atom stereocenters. The van der Waals surface area contributed by atoms with Gasteiger partial charge in [-0.15, -0.1) is 0 Å². The van der Waals surface area contributed by atoms with E-state index in [2.05, 4.69) is 4.98 Å². The summed E-state index contributed by atoms with van der Waals surface area (Å²) in [6, 6.07) is 13.7. The first-order valence-electron chi connectivity index (χ1n) is 5.29. The third-order valence-electron chi connectivity index (χ3n) is 2.57. The maximum absolute atomic E-state index is 11.1. The third kappa shape index (κ3) is 2.54. The van der Waals surface area contributed by atoms with Crippen molar-refractivity contribution in [2.24, 2.45) is 0 Å². The molecule has 1 unspecified atom stereocenters. The molecule has 0 fully saturated rings. The van der Waals surface area contributed by atoms with Gasteiger partial charge >= 0.3 is 0 Å². The van der Waals surface area contributed by atoms with Crippen molar-refractivity contribution in [3.63, 3.8) is 0 Å². The Kier molecular flexibility index (Phi) is 3.44. The number of aromatic nitrogens is 1. The van der Waals surface area contributed by atoms with Crippen LogP contribution in [0.15, 0.2) is 54.9 Å². The Morgan fingerprint density at radius 3 is 2.56 bits per heavy atom. The number of pyridine rings is 1. The van der Waals surface area contributed by atoms with Crippen LogP contribution in [0.3, 0.4) is 0 Å². The molecule has 0 saturated carbocycles. The van der Waals surface area contributed by atoms with Crippen LogP contribution in [-0.4, -0.2) is 11.3 Å². The summed E-state index contributed by atoms with van der Waals surface area (Å²) in [5.74, 6) is -0.0783. The average Bonchev–Trinajstić information content (AvgIpc) is 2.38. The molecule has 0 aliphatic carbocycles. The minimum Gasteiger partial charge on any atom is -0.303 e. The summed E-state index contributed by atoms with van der Waals surface area (Å²) in [7, 11) is 0. The zero-order chi connectivity index (χ0) is 11.2. The number of rotatable bonds is 4. The molecule has 0 amide bonds. The summed E-state index contributed by atoms with van der Waals surface area (Å²) < 4.78 is 0. The normalized spacial score (nSPS) is 12.0. The van der Waals surface area contributed by atoms with Crippen LogP contribution in [0.2, 0.25) is 0 Å². The first kappa shape index (κ1) is 10.6. The molecule has 1 aromatic carbocycles. The van der Waals surface area contributed by atoms with Crippen molar-refractivity contribution in [1.82, 2.24) is 4.98 Å². The third-order valence-corrected chi connectivity index (χ3v) is 2.57. The molecular formula is C14H13NO. The number of carbonyl (C=O) groups excluding carboxylic acids is 1. The highest BCUT2D eigenvalue weighted by Gasteiger charge is 2.10. The second kappa shape index (κ2) is 5.21. The lowest BCUT2D eigenvalue weighted by Crippen LogP contribution is -2.04. The van der Waals surface area contributed by atoms with Crippen molar-refractivity contribution >= 4 is 6.29 Å². The topological polar surface area (TPSA) is 30.0 Å². The van der Waals surface area contributed by atoms with E-state index in [0.29, 0.717) is 6.42 Å². The van der Waals surface area contributed by atoms with Crippen LogP contribution in [0.25, 0.3) is 0 Å². The second-order valence-electron chi connectivity index (χ2n) is 3.72. The Balaban J connectivity index is 2.16. The molecule has 16 heavy (non-hydrogen) atoms. The van der Waals surface area contributed by atoms with Gasteiger partial charge in [0.25, 0.3) is 0 Å². The highest BCUT2D eigenvalue weighted by Crippen LogP contribution is 2.17. The van der Waals surface area contributed by atoms with E-state index >= 15 is 0 Å². The van der Waals surface area contributed by atoms with Gasteiger partial charge in [-0.3, -0.25) is 4.98 Å². The van der Waals surface area contributed by atoms with Crippen LogP contribution < -0.4 is 0 Å². The summed E-state index contributed by atoms with van der Waals surface area (Å²) >= 11 is 0. The molecule has 2 nitrogen and oxygen atoms in total. The number of carbonyl (C=O) groups is 1. The smallest absolute Gasteiger partial charge is 0.127 e. The van der Waals surface area contributed by atoms with Gasteiger partial charge in [-0.2, -0.15) is 0 Å². The standard InChI is InChI=1S/C14H13NO/c16-11-14(13-6-2-1-3-7-13)9-12-5-4-8-15-10-12/h1-8,10-11,14H,9H2. The first-order chi connectivity index (χ1) is 7.90. The summed E-state index contributed by atoms with van der Waals surface area (Å²) in [4.78, 5) is 15.1. The van der Waals surface area contributed by atoms with Crippen LogP contribution >= 0.6 is 0 Å². The highest BCUT2D eigenvalue weighted by molar-refractivity contribution is 5.62. The van der Waals surface area contributed by atoms with Gasteiger partial charge in [0, 0.05) is 18.3 Å². The lowest BCUT2D eigenvalue weighted by molar-refractivity contribution is -0.109. The Bertz CT molecular complexity index is 439. The summed E-state index contributed by atoms with van der Waals surface area (Å²) in [6.07, 6.45) is 5.26. The highest BCUT2D eigenvalue weighted by atomic mass is 16.1. The molecule has 0 spiro atoms. The maximum atomic E-state index is 11.1. The van der Waals surface area contributed by atoms with Gasteiger partial charge in [-0.1, -0.05) is 36.4 Å². The fourth-order valence-corrected chi connectivity index (χ4v) is 1.72. The summed E-state index contributed by atoms with van der Waals surface area (Å²) in [5.41, 5.74) is 2.14. The number of nitrogens with zero attached hydrogens (tertiary/aromatic N) is 1. The predicted octanol–water partition coefficient (Wildman–Crippen LogP) is 2.61. The van der Waals surface area contributed by atoms with Gasteiger partial charge in [-0.05, 0) is 23.6 Å². The van der Waals surface area contributed by atoms with Crippen LogP contribution in [0.4, 0.5) is 0 Å². The van der Waals surface area contributed by atoms with E-state index in [1.807, 2.05) is 42.5 Å². The Morgan fingerprint density at radius 1 is 1.12 bits per heavy atom. The van der Waals surface area contributed by atoms with E-state index in [9.17, 15) is 4.79 Å². The molecule has 0 N–H and O–H groups in total. The van der Waals surface area contributed by atoms with Gasteiger partial charge in [0.2, 0.25) is 0 Å². The van der Waals surface area contributed by atoms with E-state index in [1.165, 1.54) is 0 Å². The largest absolute Gasteiger partial charge is 0.303 e. The molecule has 0 saturated heterocycles. The monoisotopic (exact) mass is 211 g/mol. The van der Waals surface area contributed by atoms with Crippen molar-refractivity contribution in [2.75, 3.05) is 0 Å². The van der Waals surface area contributed by atoms with E-state index in [-0.39, 0.29) is 5.92 Å². The van der Waals surface area contributed by atoms with Crippen LogP contribution in [-0.2, 0) is 11.2 Å². The maximum Gasteiger partial charge on any atom is 0.127 e. The van der Waals surface area contributed by atoms with Crippen molar-refractivity contribution in [1.29, 1.82) is 0 Å². The predicted molar refractivity (Wildman–Crippen MR) is 63.2 cm³/mol. The molecule has 1 heterocycles. The molecule has 2 heteroatoms. The zero-order valence-electron chi connectivity index (χ0n) is 8.91. The molecule has 2 rings (SSSR count). The van der Waals surface area contributed by atoms with Crippen LogP contribution in [0.5, 0.6) is 0 Å². The fraction of sp³-hybridized carbons (Fsp3) is 0.143. The van der Waals surface area contributed by atoms with Gasteiger partial charge in [0.1, 0.15) is 6.29 Å². The molecule has 0 radical (unpaired) electrons. The molecule has 1 aromatic heterocycles. The van der Waals surface area contributed by atoms with Crippen LogP contribution in [0, 0.1) is 0 Å². The minimum atomic E-state index is -0.0783. The molecular weight excluding hydrogens is 198 g/mol. The number of aldehydes is 1. The summed E-state index contributed by atoms with van der Waals surface area (Å²) in [6.45, 7) is 0. The lowest BCUT2D eigenvalue weighted by atomic mass is 9.94. The van der Waals surface area contributed by atoms with E-state index in [4.69, 9.17) is 0 Å². The van der Waals surface area contributed by atoms with Crippen LogP contribution in [0.1, 0.15) is 17.0 Å². The fourth-order valence-electron chi connectivity index (χ4n) is 1.72. The van der Waals surface area contributed by atoms with Gasteiger partial charge < -0.3 is 4.79 Å². The minimum absolute atomic E-state index is 0.0783. The number of hydrogen-bond donors (Lipinski definition) is 0. The van der Waals surface area contributed by atoms with Gasteiger partial charge in [-0.25, -0.2) is 0 Å². The average molecular weight is 211 g/mol. The second-order valence-corrected chi connectivity index (χ2v) is 3.72. The van der Waals surface area contributed by atoms with Crippen molar-refractivity contribution < 1.29 is 4.79 Å². The molecule has 80 valence electrons. The number of benzene rings is 1. The SMILES string of the molecule is O=CC(Cc1cccnc1)c1ccccc1. The molecule has 0 aliphatic heterocycles. The Hall–Kier alpha value is -1.96. The molecule has 0 bridgehead atoms. The van der Waals surface area contributed by atoms with Crippen molar-refractivity contribution in [3.05, 3.63) is 66.0 Å². The van der Waals surface area contributed by atoms with Crippen molar-refractivity contribution in [3.8, 4) is 0 Å². The Morgan fingerprint density at radius 2 is 1.94 bits per heavy atom. The lowest BCUT2D eigenvalue weighted by Gasteiger charge is -2.09. The number of hydrogen-bond acceptors (Lipinski definition) is 2. The summed E-state index contributed by atoms with van der Waals surface area (Å²) in [5, 5.41) is 0. The van der Waals surface area contributed by atoms with E-state index in [0.717, 1.165) is 17.4 Å². The van der Waals surface area contributed by atoms with Crippen molar-refractivity contribution in [2.45, 2.75) is 12.3 Å². The Labute approximate surface area is 95.0 Å². The van der Waals surface area contributed by atoms with Gasteiger partial charge in [0.05, 0.1) is 0 Å². The zero-order valence-corrected chi connectivity index (χ0v) is 8.91. The molecule has 0 aliphatic rings. The quantitative estimate of drug-likeness (QED) is 0.727. The van der Waals surface area contributed by atoms with E-state index in [1.54, 1.807) is 12.4 Å². The molecule has 2 aromatic rings. The van der Waals surface area contributed by atoms with E-state index < -0.39 is 0 Å². The first-order valence-corrected chi connectivity index (χ1v) is 5.29.